The first kappa shape index (κ1) is 19.1. The van der Waals surface area contributed by atoms with E-state index in [1.165, 1.54) is 16.8 Å². The molecule has 3 rings (SSSR count). The van der Waals surface area contributed by atoms with Crippen LogP contribution in [0.5, 0.6) is 0 Å². The Bertz CT molecular complexity index is 881. The molecule has 1 aromatic carbocycles. The molecular weight excluding hydrogens is 359 g/mol. The third kappa shape index (κ3) is 3.89. The molecule has 0 atom stereocenters. The highest BCUT2D eigenvalue weighted by Gasteiger charge is 2.31. The Morgan fingerprint density at radius 3 is 2.48 bits per heavy atom. The predicted octanol–water partition coefficient (Wildman–Crippen LogP) is 3.75. The van der Waals surface area contributed by atoms with Gasteiger partial charge in [0.05, 0.1) is 28.2 Å². The summed E-state index contributed by atoms with van der Waals surface area (Å²) in [4.78, 5) is 24.9. The van der Waals surface area contributed by atoms with Crippen LogP contribution < -0.4 is 5.32 Å². The van der Waals surface area contributed by atoms with E-state index in [0.717, 1.165) is 37.8 Å². The maximum absolute atomic E-state index is 13.0. The molecule has 8 heteroatoms. The minimum atomic E-state index is -4.48. The highest BCUT2D eigenvalue weighted by atomic mass is 19.4. The van der Waals surface area contributed by atoms with Gasteiger partial charge in [-0.1, -0.05) is 18.9 Å². The number of aryl methyl sites for hydroxylation is 1. The van der Waals surface area contributed by atoms with Crippen LogP contribution in [-0.2, 0) is 11.0 Å². The molecule has 5 nitrogen and oxygen atoms in total. The predicted molar refractivity (Wildman–Crippen MR) is 92.8 cm³/mol. The molecule has 1 aliphatic rings. The maximum Gasteiger partial charge on any atom is 0.416 e. The van der Waals surface area contributed by atoms with Gasteiger partial charge in [-0.05, 0) is 44.9 Å². The van der Waals surface area contributed by atoms with Gasteiger partial charge in [0.2, 0.25) is 0 Å². The number of aromatic nitrogens is 2. The van der Waals surface area contributed by atoms with E-state index >= 15 is 0 Å². The van der Waals surface area contributed by atoms with Crippen LogP contribution in [0.4, 0.5) is 13.2 Å². The summed E-state index contributed by atoms with van der Waals surface area (Å²) in [5.41, 5.74) is 0.137. The summed E-state index contributed by atoms with van der Waals surface area (Å²) in [5.74, 6) is -1.41. The number of benzene rings is 1. The van der Waals surface area contributed by atoms with E-state index in [4.69, 9.17) is 0 Å². The number of rotatable bonds is 4. The number of hydrogen-bond acceptors (Lipinski definition) is 3. The topological polar surface area (TPSA) is 64.0 Å². The number of nitrogens with one attached hydrogen (secondary N) is 1. The van der Waals surface area contributed by atoms with Crippen molar-refractivity contribution in [2.45, 2.75) is 51.7 Å². The zero-order valence-corrected chi connectivity index (χ0v) is 15.1. The second kappa shape index (κ2) is 7.17. The van der Waals surface area contributed by atoms with Crippen LogP contribution in [-0.4, -0.2) is 27.5 Å². The zero-order chi connectivity index (χ0) is 19.8. The lowest BCUT2D eigenvalue weighted by molar-refractivity contribution is -0.137. The lowest BCUT2D eigenvalue weighted by atomic mass is 10.1. The summed E-state index contributed by atoms with van der Waals surface area (Å²) < 4.78 is 40.1. The highest BCUT2D eigenvalue weighted by molar-refractivity contribution is 6.43. The molecule has 0 aliphatic heterocycles. The molecule has 1 fully saturated rings. The monoisotopic (exact) mass is 379 g/mol. The van der Waals surface area contributed by atoms with Gasteiger partial charge in [0.25, 0.3) is 11.7 Å². The molecule has 1 aromatic heterocycles. The third-order valence-corrected chi connectivity index (χ3v) is 4.83. The quantitative estimate of drug-likeness (QED) is 0.650. The van der Waals surface area contributed by atoms with E-state index in [1.807, 2.05) is 0 Å². The molecule has 1 aliphatic carbocycles. The number of halogens is 3. The molecular formula is C19H20F3N3O2. The Hall–Kier alpha value is -2.64. The number of ketones is 1. The molecule has 1 saturated carbocycles. The number of Topliss-reactive ketones (excluding diaryl/α,β-unsaturated/α-hetero) is 1. The van der Waals surface area contributed by atoms with Gasteiger partial charge in [-0.25, -0.2) is 4.68 Å². The average Bonchev–Trinajstić information content (AvgIpc) is 3.21. The van der Waals surface area contributed by atoms with Crippen molar-refractivity contribution >= 4 is 11.7 Å². The minimum absolute atomic E-state index is 0.000532. The van der Waals surface area contributed by atoms with Crippen molar-refractivity contribution in [1.82, 2.24) is 15.1 Å². The Kier molecular flexibility index (Phi) is 5.08. The maximum atomic E-state index is 13.0. The normalized spacial score (nSPS) is 15.1. The van der Waals surface area contributed by atoms with Crippen molar-refractivity contribution in [2.24, 2.45) is 0 Å². The highest BCUT2D eigenvalue weighted by Crippen LogP contribution is 2.31. The van der Waals surface area contributed by atoms with E-state index in [2.05, 4.69) is 10.4 Å². The van der Waals surface area contributed by atoms with Crippen LogP contribution in [0.1, 0.15) is 53.0 Å². The fourth-order valence-electron chi connectivity index (χ4n) is 3.47. The molecule has 1 heterocycles. The van der Waals surface area contributed by atoms with E-state index < -0.39 is 23.4 Å². The van der Waals surface area contributed by atoms with Crippen LogP contribution in [0.2, 0.25) is 0 Å². The first-order chi connectivity index (χ1) is 12.7. The lowest BCUT2D eigenvalue weighted by Gasteiger charge is -2.11. The molecule has 2 aromatic rings. The molecule has 0 saturated heterocycles. The van der Waals surface area contributed by atoms with Crippen LogP contribution >= 0.6 is 0 Å². The van der Waals surface area contributed by atoms with E-state index in [-0.39, 0.29) is 17.3 Å². The summed E-state index contributed by atoms with van der Waals surface area (Å²) in [6.45, 7) is 3.13. The summed E-state index contributed by atoms with van der Waals surface area (Å²) in [7, 11) is 0. The van der Waals surface area contributed by atoms with Gasteiger partial charge >= 0.3 is 6.18 Å². The van der Waals surface area contributed by atoms with Crippen molar-refractivity contribution in [3.63, 3.8) is 0 Å². The lowest BCUT2D eigenvalue weighted by Crippen LogP contribution is -2.38. The zero-order valence-electron chi connectivity index (χ0n) is 15.1. The molecule has 0 bridgehead atoms. The second-order valence-corrected chi connectivity index (χ2v) is 6.79. The van der Waals surface area contributed by atoms with Gasteiger partial charge in [-0.15, -0.1) is 0 Å². The largest absolute Gasteiger partial charge is 0.416 e. The van der Waals surface area contributed by atoms with E-state index in [0.29, 0.717) is 11.4 Å². The molecule has 27 heavy (non-hydrogen) atoms. The number of amides is 1. The average molecular weight is 379 g/mol. The molecule has 0 spiro atoms. The van der Waals surface area contributed by atoms with Crippen molar-refractivity contribution in [3.8, 4) is 5.69 Å². The number of nitrogens with zero attached hydrogens (tertiary/aromatic N) is 2. The fourth-order valence-corrected chi connectivity index (χ4v) is 3.47. The standard InChI is InChI=1S/C19H20F3N3O2/c1-11-16(17(26)18(27)23-14-7-3-4-8-14)12(2)25(24-11)15-9-5-6-13(10-15)19(20,21)22/h5-6,9-10,14H,3-4,7-8H2,1-2H3,(H,23,27). The minimum Gasteiger partial charge on any atom is -0.346 e. The second-order valence-electron chi connectivity index (χ2n) is 6.79. The smallest absolute Gasteiger partial charge is 0.346 e. The SMILES string of the molecule is Cc1nn(-c2cccc(C(F)(F)F)c2)c(C)c1C(=O)C(=O)NC1CCCC1. The van der Waals surface area contributed by atoms with Gasteiger partial charge in [-0.2, -0.15) is 18.3 Å². The number of carbonyl (C=O) groups is 2. The molecule has 1 N–H and O–H groups in total. The van der Waals surface area contributed by atoms with Gasteiger partial charge in [-0.3, -0.25) is 9.59 Å². The van der Waals surface area contributed by atoms with Crippen LogP contribution in [0.3, 0.4) is 0 Å². The van der Waals surface area contributed by atoms with Gasteiger partial charge in [0, 0.05) is 6.04 Å². The molecule has 1 amide bonds. The first-order valence-corrected chi connectivity index (χ1v) is 8.77. The van der Waals surface area contributed by atoms with Crippen molar-refractivity contribution in [3.05, 3.63) is 46.8 Å². The van der Waals surface area contributed by atoms with Crippen LogP contribution in [0, 0.1) is 13.8 Å². The van der Waals surface area contributed by atoms with Crippen molar-refractivity contribution < 1.29 is 22.8 Å². The summed E-state index contributed by atoms with van der Waals surface area (Å²) >= 11 is 0. The van der Waals surface area contributed by atoms with Gasteiger partial charge in [0.1, 0.15) is 0 Å². The number of carbonyl (C=O) groups excluding carboxylic acids is 2. The molecule has 0 unspecified atom stereocenters. The first-order valence-electron chi connectivity index (χ1n) is 8.77. The van der Waals surface area contributed by atoms with Crippen LogP contribution in [0.25, 0.3) is 5.69 Å². The third-order valence-electron chi connectivity index (χ3n) is 4.83. The van der Waals surface area contributed by atoms with Crippen molar-refractivity contribution in [2.75, 3.05) is 0 Å². The Morgan fingerprint density at radius 2 is 1.85 bits per heavy atom. The molecule has 0 radical (unpaired) electrons. The fraction of sp³-hybridized carbons (Fsp3) is 0.421. The summed E-state index contributed by atoms with van der Waals surface area (Å²) in [5, 5.41) is 6.92. The Balaban J connectivity index is 1.91. The number of alkyl halides is 3. The Labute approximate surface area is 154 Å². The van der Waals surface area contributed by atoms with E-state index in [1.54, 1.807) is 13.8 Å². The van der Waals surface area contributed by atoms with Gasteiger partial charge in [0.15, 0.2) is 0 Å². The summed E-state index contributed by atoms with van der Waals surface area (Å²) in [6.07, 6.45) is -0.748. The summed E-state index contributed by atoms with van der Waals surface area (Å²) in [6, 6.07) is 4.69. The Morgan fingerprint density at radius 1 is 1.19 bits per heavy atom. The van der Waals surface area contributed by atoms with Crippen LogP contribution in [0.15, 0.2) is 24.3 Å². The number of hydrogen-bond donors (Lipinski definition) is 1. The molecule has 144 valence electrons. The van der Waals surface area contributed by atoms with E-state index in [9.17, 15) is 22.8 Å². The van der Waals surface area contributed by atoms with Crippen molar-refractivity contribution in [1.29, 1.82) is 0 Å². The van der Waals surface area contributed by atoms with Gasteiger partial charge < -0.3 is 5.32 Å².